The van der Waals surface area contributed by atoms with Crippen LogP contribution < -0.4 is 15.0 Å². The van der Waals surface area contributed by atoms with Crippen molar-refractivity contribution in [2.24, 2.45) is 0 Å². The van der Waals surface area contributed by atoms with E-state index in [9.17, 15) is 19.5 Å². The van der Waals surface area contributed by atoms with Gasteiger partial charge in [0, 0.05) is 64.3 Å². The second-order valence-corrected chi connectivity index (χ2v) is 12.1. The number of fused-ring (bicyclic) bond motifs is 2. The molecule has 0 spiro atoms. The fraction of sp³-hybridized carbons (Fsp3) is 0.469. The van der Waals surface area contributed by atoms with Crippen LogP contribution in [0.15, 0.2) is 42.6 Å². The number of piperidine rings is 1. The number of aliphatic hydroxyl groups is 1. The highest BCUT2D eigenvalue weighted by Crippen LogP contribution is 2.31. The van der Waals surface area contributed by atoms with E-state index in [1.54, 1.807) is 11.0 Å². The van der Waals surface area contributed by atoms with E-state index in [0.717, 1.165) is 74.1 Å². The Morgan fingerprint density at radius 1 is 1.02 bits per heavy atom. The summed E-state index contributed by atoms with van der Waals surface area (Å²) in [6.45, 7) is 4.29. The molecule has 2 aromatic carbocycles. The van der Waals surface area contributed by atoms with Gasteiger partial charge in [-0.25, -0.2) is 9.97 Å². The minimum absolute atomic E-state index is 0. The Morgan fingerprint density at radius 2 is 1.93 bits per heavy atom. The number of hydrogen-bond acceptors (Lipinski definition) is 9. The molecule has 3 saturated heterocycles. The van der Waals surface area contributed by atoms with Crippen molar-refractivity contribution in [2.45, 2.75) is 69.9 Å². The minimum Gasteiger partial charge on any atom is -0.489 e. The van der Waals surface area contributed by atoms with Gasteiger partial charge < -0.3 is 19.6 Å². The number of aromatic nitrogens is 2. The molecule has 7 rings (SSSR count). The molecule has 226 valence electrons. The lowest BCUT2D eigenvalue weighted by molar-refractivity contribution is -0.136. The lowest BCUT2D eigenvalue weighted by Gasteiger charge is -2.29. The maximum absolute atomic E-state index is 13.0. The van der Waals surface area contributed by atoms with Crippen molar-refractivity contribution in [3.05, 3.63) is 59.3 Å². The molecule has 0 radical (unpaired) electrons. The second kappa shape index (κ2) is 11.5. The van der Waals surface area contributed by atoms with Crippen LogP contribution in [0.2, 0.25) is 0 Å². The zero-order valence-electron chi connectivity index (χ0n) is 24.1. The van der Waals surface area contributed by atoms with Gasteiger partial charge in [0.05, 0.1) is 11.6 Å². The predicted molar refractivity (Wildman–Crippen MR) is 161 cm³/mol. The van der Waals surface area contributed by atoms with Crippen LogP contribution in [0.1, 0.15) is 61.4 Å². The van der Waals surface area contributed by atoms with Crippen LogP contribution in [0.5, 0.6) is 5.75 Å². The summed E-state index contributed by atoms with van der Waals surface area (Å²) in [7, 11) is 0. The molecule has 3 aromatic rings. The molecule has 3 fully saturated rings. The van der Waals surface area contributed by atoms with Gasteiger partial charge in [-0.15, -0.1) is 0 Å². The molecular weight excluding hydrogens is 548 g/mol. The number of carbonyl (C=O) groups excluding carboxylic acids is 3. The Hall–Kier alpha value is -4.09. The normalized spacial score (nSPS) is 24.8. The average molecular weight is 587 g/mol. The number of ether oxygens (including phenoxy) is 1. The van der Waals surface area contributed by atoms with Crippen LogP contribution in [-0.2, 0) is 22.7 Å². The first-order chi connectivity index (χ1) is 20.9. The maximum atomic E-state index is 13.0. The van der Waals surface area contributed by atoms with Crippen LogP contribution in [0.4, 0.5) is 5.95 Å². The quantitative estimate of drug-likeness (QED) is 0.419. The molecule has 11 heteroatoms. The number of β-amino-alcohol motifs (C(OH)–C–C–N with tert-alkyl or cyclic N) is 1. The molecule has 1 aromatic heterocycles. The van der Waals surface area contributed by atoms with E-state index in [2.05, 4.69) is 38.3 Å². The summed E-state index contributed by atoms with van der Waals surface area (Å²) >= 11 is 0. The Bertz CT molecular complexity index is 1590. The standard InChI is InChI=1S/C32H36N6O5.H2/c39-23-3-1-2-11-37(18-23)32-33-15-21-13-20(4-7-27(21)34-32)16-36-12-10-25(19-36)43-24-5-6-26-22(14-24)17-38(31(26)42)28-8-9-29(40)35-30(28)41;/h4-7,13-15,23,25,28,39H,1-3,8-12,16-19H2,(H,35,40,41);1H/t23-,25-,28?;/m0./s1. The van der Waals surface area contributed by atoms with Gasteiger partial charge in [0.15, 0.2) is 0 Å². The highest BCUT2D eigenvalue weighted by atomic mass is 16.5. The third kappa shape index (κ3) is 5.79. The van der Waals surface area contributed by atoms with Crippen molar-refractivity contribution < 1.29 is 25.7 Å². The van der Waals surface area contributed by atoms with Crippen molar-refractivity contribution in [1.29, 1.82) is 0 Å². The van der Waals surface area contributed by atoms with Gasteiger partial charge in [-0.2, -0.15) is 0 Å². The fourth-order valence-corrected chi connectivity index (χ4v) is 6.74. The largest absolute Gasteiger partial charge is 0.489 e. The van der Waals surface area contributed by atoms with E-state index in [-0.39, 0.29) is 31.9 Å². The van der Waals surface area contributed by atoms with Crippen molar-refractivity contribution in [3.63, 3.8) is 0 Å². The second-order valence-electron chi connectivity index (χ2n) is 12.1. The Labute approximate surface area is 251 Å². The maximum Gasteiger partial charge on any atom is 0.255 e. The highest BCUT2D eigenvalue weighted by Gasteiger charge is 2.39. The van der Waals surface area contributed by atoms with Crippen LogP contribution in [-0.4, -0.2) is 87.0 Å². The molecule has 43 heavy (non-hydrogen) atoms. The average Bonchev–Trinajstić information content (AvgIpc) is 3.48. The molecule has 5 heterocycles. The lowest BCUT2D eigenvalue weighted by Crippen LogP contribution is -2.52. The predicted octanol–water partition coefficient (Wildman–Crippen LogP) is 2.64. The molecule has 11 nitrogen and oxygen atoms in total. The number of imide groups is 1. The number of carbonyl (C=O) groups is 3. The minimum atomic E-state index is -0.623. The fourth-order valence-electron chi connectivity index (χ4n) is 6.74. The van der Waals surface area contributed by atoms with Gasteiger partial charge >= 0.3 is 0 Å². The molecule has 4 aliphatic rings. The van der Waals surface area contributed by atoms with Crippen molar-refractivity contribution in [2.75, 3.05) is 31.1 Å². The number of hydrogen-bond donors (Lipinski definition) is 2. The number of anilines is 1. The molecule has 0 aliphatic carbocycles. The lowest BCUT2D eigenvalue weighted by atomic mass is 10.0. The van der Waals surface area contributed by atoms with E-state index in [1.807, 2.05) is 18.3 Å². The molecule has 1 unspecified atom stereocenters. The van der Waals surface area contributed by atoms with E-state index in [4.69, 9.17) is 9.72 Å². The number of benzene rings is 2. The van der Waals surface area contributed by atoms with E-state index >= 15 is 0 Å². The molecule has 0 saturated carbocycles. The molecule has 4 aliphatic heterocycles. The molecule has 0 bridgehead atoms. The Balaban J connectivity index is 0.00000343. The van der Waals surface area contributed by atoms with Crippen LogP contribution >= 0.6 is 0 Å². The van der Waals surface area contributed by atoms with E-state index in [1.165, 1.54) is 5.56 Å². The third-order valence-electron chi connectivity index (χ3n) is 8.99. The first-order valence-electron chi connectivity index (χ1n) is 15.2. The molecular formula is C32H38N6O5. The monoisotopic (exact) mass is 586 g/mol. The summed E-state index contributed by atoms with van der Waals surface area (Å²) < 4.78 is 6.34. The summed E-state index contributed by atoms with van der Waals surface area (Å²) in [5.41, 5.74) is 3.53. The van der Waals surface area contributed by atoms with Crippen LogP contribution in [0.25, 0.3) is 10.9 Å². The zero-order valence-corrected chi connectivity index (χ0v) is 24.1. The SMILES string of the molecule is O=C1CCC(N2Cc3cc(O[C@H]4CCN(Cc5ccc6nc(N7CCCC[C@H](O)C7)ncc6c5)C4)ccc3C2=O)C(=O)N1.[HH]. The summed E-state index contributed by atoms with van der Waals surface area (Å²) in [6, 6.07) is 11.2. The summed E-state index contributed by atoms with van der Waals surface area (Å²) in [4.78, 5) is 52.3. The molecule has 3 atom stereocenters. The van der Waals surface area contributed by atoms with Crippen molar-refractivity contribution in [3.8, 4) is 5.75 Å². The first kappa shape index (κ1) is 27.7. The van der Waals surface area contributed by atoms with E-state index in [0.29, 0.717) is 31.0 Å². The number of aliphatic hydroxyl groups excluding tert-OH is 1. The van der Waals surface area contributed by atoms with E-state index < -0.39 is 11.9 Å². The van der Waals surface area contributed by atoms with Gasteiger partial charge in [0.2, 0.25) is 17.8 Å². The van der Waals surface area contributed by atoms with Crippen molar-refractivity contribution >= 4 is 34.6 Å². The first-order valence-corrected chi connectivity index (χ1v) is 15.2. The number of nitrogens with zero attached hydrogens (tertiary/aromatic N) is 5. The zero-order chi connectivity index (χ0) is 29.5. The summed E-state index contributed by atoms with van der Waals surface area (Å²) in [6.07, 6.45) is 5.96. The van der Waals surface area contributed by atoms with Gasteiger partial charge in [0.25, 0.3) is 5.91 Å². The number of rotatable bonds is 6. The molecule has 2 N–H and O–H groups in total. The Morgan fingerprint density at radius 3 is 2.81 bits per heavy atom. The van der Waals surface area contributed by atoms with Gasteiger partial charge in [-0.1, -0.05) is 6.07 Å². The summed E-state index contributed by atoms with van der Waals surface area (Å²) in [5, 5.41) is 13.5. The van der Waals surface area contributed by atoms with Crippen LogP contribution in [0.3, 0.4) is 0 Å². The highest BCUT2D eigenvalue weighted by molar-refractivity contribution is 6.05. The number of likely N-dealkylation sites (tertiary alicyclic amines) is 1. The van der Waals surface area contributed by atoms with Gasteiger partial charge in [-0.3, -0.25) is 24.6 Å². The third-order valence-corrected chi connectivity index (χ3v) is 8.99. The number of nitrogens with one attached hydrogen (secondary N) is 1. The molecule has 3 amide bonds. The summed E-state index contributed by atoms with van der Waals surface area (Å²) in [5.74, 6) is 0.526. The van der Waals surface area contributed by atoms with Gasteiger partial charge in [-0.05, 0) is 73.6 Å². The van der Waals surface area contributed by atoms with Gasteiger partial charge in [0.1, 0.15) is 17.9 Å². The smallest absolute Gasteiger partial charge is 0.255 e. The van der Waals surface area contributed by atoms with Crippen LogP contribution in [0, 0.1) is 0 Å². The van der Waals surface area contributed by atoms with Crippen molar-refractivity contribution in [1.82, 2.24) is 25.1 Å². The Kier molecular flexibility index (Phi) is 7.44. The number of amides is 3. The topological polar surface area (TPSA) is 128 Å².